The summed E-state index contributed by atoms with van der Waals surface area (Å²) in [6, 6.07) is 17.9. The van der Waals surface area contributed by atoms with E-state index in [-0.39, 0.29) is 18.1 Å². The number of rotatable bonds is 8. The molecule has 0 radical (unpaired) electrons. The summed E-state index contributed by atoms with van der Waals surface area (Å²) < 4.78 is 5.58. The summed E-state index contributed by atoms with van der Waals surface area (Å²) in [5.74, 6) is -0.0564. The van der Waals surface area contributed by atoms with E-state index in [0.717, 1.165) is 5.56 Å². The zero-order valence-corrected chi connectivity index (χ0v) is 15.5. The molecule has 0 aliphatic heterocycles. The molecule has 1 unspecified atom stereocenters. The van der Waals surface area contributed by atoms with Gasteiger partial charge in [-0.15, -0.1) is 0 Å². The fourth-order valence-electron chi connectivity index (χ4n) is 2.58. The van der Waals surface area contributed by atoms with Crippen LogP contribution >= 0.6 is 0 Å². The van der Waals surface area contributed by atoms with Gasteiger partial charge in [0.2, 0.25) is 0 Å². The average molecular weight is 340 g/mol. The van der Waals surface area contributed by atoms with E-state index in [1.807, 2.05) is 70.4 Å². The fraction of sp³-hybridized carbons (Fsp3) is 0.381. The van der Waals surface area contributed by atoms with E-state index in [1.165, 1.54) is 5.56 Å². The summed E-state index contributed by atoms with van der Waals surface area (Å²) >= 11 is 0. The monoisotopic (exact) mass is 340 g/mol. The second kappa shape index (κ2) is 9.35. The molecule has 0 spiro atoms. The van der Waals surface area contributed by atoms with Gasteiger partial charge in [0.15, 0.2) is 0 Å². The molecule has 0 saturated heterocycles. The molecule has 25 heavy (non-hydrogen) atoms. The molecule has 0 aromatic heterocycles. The van der Waals surface area contributed by atoms with Crippen molar-refractivity contribution >= 4 is 5.91 Å². The molecular formula is C21H28N2O2. The molecule has 0 saturated carbocycles. The van der Waals surface area contributed by atoms with Crippen molar-refractivity contribution in [1.29, 1.82) is 0 Å². The molecule has 0 fully saturated rings. The van der Waals surface area contributed by atoms with Crippen LogP contribution in [0.4, 0.5) is 0 Å². The number of carbonyl (C=O) groups excluding carboxylic acids is 1. The molecule has 0 bridgehead atoms. The molecular weight excluding hydrogens is 312 g/mol. The molecule has 1 amide bonds. The van der Waals surface area contributed by atoms with Gasteiger partial charge in [0, 0.05) is 12.1 Å². The van der Waals surface area contributed by atoms with Gasteiger partial charge < -0.3 is 15.0 Å². The summed E-state index contributed by atoms with van der Waals surface area (Å²) in [7, 11) is 4.04. The van der Waals surface area contributed by atoms with Gasteiger partial charge in [0.1, 0.15) is 0 Å². The van der Waals surface area contributed by atoms with Gasteiger partial charge >= 0.3 is 0 Å². The Kier molecular flexibility index (Phi) is 7.16. The summed E-state index contributed by atoms with van der Waals surface area (Å²) in [6.07, 6.45) is 0.198. The number of carbonyl (C=O) groups is 1. The van der Waals surface area contributed by atoms with Crippen LogP contribution in [0.2, 0.25) is 0 Å². The van der Waals surface area contributed by atoms with E-state index in [1.54, 1.807) is 0 Å². The third-order valence-electron chi connectivity index (χ3n) is 4.06. The van der Waals surface area contributed by atoms with Crippen molar-refractivity contribution in [3.63, 3.8) is 0 Å². The van der Waals surface area contributed by atoms with E-state index >= 15 is 0 Å². The largest absolute Gasteiger partial charge is 0.374 e. The molecule has 2 aromatic rings. The number of likely N-dealkylation sites (N-methyl/N-ethyl adjacent to an activating group) is 1. The maximum absolute atomic E-state index is 12.4. The van der Waals surface area contributed by atoms with Crippen molar-refractivity contribution in [2.24, 2.45) is 0 Å². The van der Waals surface area contributed by atoms with Crippen molar-refractivity contribution in [2.75, 3.05) is 20.6 Å². The van der Waals surface area contributed by atoms with Crippen LogP contribution in [-0.4, -0.2) is 37.6 Å². The third kappa shape index (κ3) is 6.00. The third-order valence-corrected chi connectivity index (χ3v) is 4.06. The minimum absolute atomic E-state index is 0.0564. The predicted octanol–water partition coefficient (Wildman–Crippen LogP) is 3.64. The topological polar surface area (TPSA) is 41.6 Å². The number of nitrogens with one attached hydrogen (secondary N) is 1. The standard InChI is InChI=1S/C21H28N2O2/c1-16(2)25-15-17-10-12-19(13-11-17)21(24)22-14-20(23(3)4)18-8-6-5-7-9-18/h5-13,16,20H,14-15H2,1-4H3,(H,22,24). The maximum atomic E-state index is 12.4. The second-order valence-corrected chi connectivity index (χ2v) is 6.66. The van der Waals surface area contributed by atoms with Crippen molar-refractivity contribution in [1.82, 2.24) is 10.2 Å². The predicted molar refractivity (Wildman–Crippen MR) is 102 cm³/mol. The molecule has 1 N–H and O–H groups in total. The Bertz CT molecular complexity index is 651. The normalized spacial score (nSPS) is 12.4. The highest BCUT2D eigenvalue weighted by Gasteiger charge is 2.15. The quantitative estimate of drug-likeness (QED) is 0.798. The molecule has 4 heteroatoms. The lowest BCUT2D eigenvalue weighted by Gasteiger charge is -2.25. The van der Waals surface area contributed by atoms with Crippen LogP contribution in [0.25, 0.3) is 0 Å². The first kappa shape index (κ1) is 19.2. The molecule has 0 heterocycles. The highest BCUT2D eigenvalue weighted by Crippen LogP contribution is 2.17. The molecule has 1 atom stereocenters. The van der Waals surface area contributed by atoms with Crippen molar-refractivity contribution < 1.29 is 9.53 Å². The van der Waals surface area contributed by atoms with E-state index < -0.39 is 0 Å². The number of hydrogen-bond donors (Lipinski definition) is 1. The number of hydrogen-bond acceptors (Lipinski definition) is 3. The highest BCUT2D eigenvalue weighted by atomic mass is 16.5. The Morgan fingerprint density at radius 2 is 1.68 bits per heavy atom. The van der Waals surface area contributed by atoms with Crippen LogP contribution in [0, 0.1) is 0 Å². The minimum atomic E-state index is -0.0564. The van der Waals surface area contributed by atoms with Crippen molar-refractivity contribution in [2.45, 2.75) is 32.6 Å². The first-order chi connectivity index (χ1) is 12.0. The minimum Gasteiger partial charge on any atom is -0.374 e. The molecule has 4 nitrogen and oxygen atoms in total. The summed E-state index contributed by atoms with van der Waals surface area (Å²) in [6.45, 7) is 5.15. The van der Waals surface area contributed by atoms with Crippen LogP contribution in [0.3, 0.4) is 0 Å². The first-order valence-corrected chi connectivity index (χ1v) is 8.67. The molecule has 0 aliphatic carbocycles. The number of benzene rings is 2. The van der Waals surface area contributed by atoms with Gasteiger partial charge in [-0.1, -0.05) is 42.5 Å². The van der Waals surface area contributed by atoms with Crippen LogP contribution < -0.4 is 5.32 Å². The fourth-order valence-corrected chi connectivity index (χ4v) is 2.58. The Morgan fingerprint density at radius 3 is 2.24 bits per heavy atom. The Balaban J connectivity index is 1.94. The van der Waals surface area contributed by atoms with Gasteiger partial charge in [-0.2, -0.15) is 0 Å². The lowest BCUT2D eigenvalue weighted by Crippen LogP contribution is -2.34. The summed E-state index contributed by atoms with van der Waals surface area (Å²) in [5.41, 5.74) is 2.92. The lowest BCUT2D eigenvalue weighted by molar-refractivity contribution is 0.0656. The van der Waals surface area contributed by atoms with Gasteiger partial charge in [0.25, 0.3) is 5.91 Å². The van der Waals surface area contributed by atoms with Gasteiger partial charge in [-0.05, 0) is 51.2 Å². The zero-order valence-electron chi connectivity index (χ0n) is 15.5. The highest BCUT2D eigenvalue weighted by molar-refractivity contribution is 5.94. The Hall–Kier alpha value is -2.17. The van der Waals surface area contributed by atoms with Gasteiger partial charge in [-0.3, -0.25) is 4.79 Å². The van der Waals surface area contributed by atoms with Crippen LogP contribution in [0.1, 0.15) is 41.4 Å². The Labute approximate surface area is 150 Å². The van der Waals surface area contributed by atoms with Gasteiger partial charge in [-0.25, -0.2) is 0 Å². The Morgan fingerprint density at radius 1 is 1.04 bits per heavy atom. The number of amides is 1. The van der Waals surface area contributed by atoms with Crippen molar-refractivity contribution in [3.8, 4) is 0 Å². The smallest absolute Gasteiger partial charge is 0.251 e. The SMILES string of the molecule is CC(C)OCc1ccc(C(=O)NCC(c2ccccc2)N(C)C)cc1. The second-order valence-electron chi connectivity index (χ2n) is 6.66. The number of nitrogens with zero attached hydrogens (tertiary/aromatic N) is 1. The first-order valence-electron chi connectivity index (χ1n) is 8.67. The summed E-state index contributed by atoms with van der Waals surface area (Å²) in [4.78, 5) is 14.5. The van der Waals surface area contributed by atoms with E-state index in [4.69, 9.17) is 4.74 Å². The van der Waals surface area contributed by atoms with E-state index in [2.05, 4.69) is 22.3 Å². The molecule has 134 valence electrons. The lowest BCUT2D eigenvalue weighted by atomic mass is 10.1. The molecule has 2 rings (SSSR count). The van der Waals surface area contributed by atoms with E-state index in [9.17, 15) is 4.79 Å². The van der Waals surface area contributed by atoms with Crippen molar-refractivity contribution in [3.05, 3.63) is 71.3 Å². The van der Waals surface area contributed by atoms with E-state index in [0.29, 0.717) is 18.7 Å². The van der Waals surface area contributed by atoms with Crippen LogP contribution in [0.15, 0.2) is 54.6 Å². The maximum Gasteiger partial charge on any atom is 0.251 e. The van der Waals surface area contributed by atoms with Crippen LogP contribution in [-0.2, 0) is 11.3 Å². The average Bonchev–Trinajstić information content (AvgIpc) is 2.61. The zero-order chi connectivity index (χ0) is 18.2. The summed E-state index contributed by atoms with van der Waals surface area (Å²) in [5, 5.41) is 3.04. The molecule has 0 aliphatic rings. The number of ether oxygens (including phenoxy) is 1. The van der Waals surface area contributed by atoms with Gasteiger partial charge in [0.05, 0.1) is 18.8 Å². The molecule has 2 aromatic carbocycles. The van der Waals surface area contributed by atoms with Crippen LogP contribution in [0.5, 0.6) is 0 Å².